The number of nitrogens with zero attached hydrogens (tertiary/aromatic N) is 5. The third-order valence-electron chi connectivity index (χ3n) is 5.95. The van der Waals surface area contributed by atoms with Crippen molar-refractivity contribution >= 4 is 17.6 Å². The first kappa shape index (κ1) is 23.6. The van der Waals surface area contributed by atoms with Crippen LogP contribution in [0.4, 0.5) is 25.1 Å². The Balaban J connectivity index is 1.59. The van der Waals surface area contributed by atoms with Gasteiger partial charge in [0, 0.05) is 25.7 Å². The Morgan fingerprint density at radius 3 is 2.74 bits per heavy atom. The molecule has 4 rings (SSSR count). The second kappa shape index (κ2) is 8.66. The molecule has 182 valence electrons. The summed E-state index contributed by atoms with van der Waals surface area (Å²) in [6.07, 6.45) is 0.449. The minimum absolute atomic E-state index is 0.154. The maximum atomic E-state index is 13.8. The van der Waals surface area contributed by atoms with Crippen molar-refractivity contribution in [1.82, 2.24) is 14.7 Å². The van der Waals surface area contributed by atoms with Gasteiger partial charge in [0.2, 0.25) is 0 Å². The van der Waals surface area contributed by atoms with E-state index >= 15 is 0 Å². The third kappa shape index (κ3) is 4.44. The molecule has 2 aromatic rings. The Labute approximate surface area is 196 Å². The zero-order valence-electron chi connectivity index (χ0n) is 19.6. The quantitative estimate of drug-likeness (QED) is 0.724. The van der Waals surface area contributed by atoms with E-state index in [9.17, 15) is 18.8 Å². The number of halogens is 2. The van der Waals surface area contributed by atoms with Gasteiger partial charge < -0.3 is 25.0 Å². The number of fused-ring (bicyclic) bond motifs is 1. The molecule has 1 fully saturated rings. The van der Waals surface area contributed by atoms with Crippen LogP contribution < -0.4 is 15.4 Å². The summed E-state index contributed by atoms with van der Waals surface area (Å²) in [5.74, 6) is -1.68. The molecule has 0 radical (unpaired) electrons. The molecule has 0 aliphatic carbocycles. The van der Waals surface area contributed by atoms with Gasteiger partial charge in [-0.15, -0.1) is 0 Å². The average Bonchev–Trinajstić information content (AvgIpc) is 3.33. The average molecular weight is 475 g/mol. The molecule has 2 aliphatic heterocycles. The van der Waals surface area contributed by atoms with Crippen LogP contribution in [0.25, 0.3) is 0 Å². The number of amides is 1. The van der Waals surface area contributed by atoms with E-state index in [1.54, 1.807) is 16.8 Å². The number of likely N-dealkylation sites (tertiary alicyclic amines) is 1. The van der Waals surface area contributed by atoms with E-state index in [1.165, 1.54) is 4.68 Å². The first-order valence-corrected chi connectivity index (χ1v) is 11.1. The minimum atomic E-state index is -1.03. The van der Waals surface area contributed by atoms with E-state index in [2.05, 4.69) is 11.2 Å². The van der Waals surface area contributed by atoms with Crippen molar-refractivity contribution in [3.05, 3.63) is 35.0 Å². The Bertz CT molecular complexity index is 1150. The number of ether oxygens (including phenoxy) is 2. The predicted octanol–water partition coefficient (Wildman–Crippen LogP) is 3.58. The van der Waals surface area contributed by atoms with Crippen molar-refractivity contribution in [2.45, 2.75) is 57.9 Å². The predicted molar refractivity (Wildman–Crippen MR) is 120 cm³/mol. The molecule has 3 heterocycles. The number of hydrogen-bond acceptors (Lipinski definition) is 7. The Kier molecular flexibility index (Phi) is 6.02. The summed E-state index contributed by atoms with van der Waals surface area (Å²) < 4.78 is 40.4. The topological polar surface area (TPSA) is 110 Å². The monoisotopic (exact) mass is 474 g/mol. The van der Waals surface area contributed by atoms with E-state index in [0.717, 1.165) is 25.0 Å². The van der Waals surface area contributed by atoms with Gasteiger partial charge in [0.05, 0.1) is 24.8 Å². The summed E-state index contributed by atoms with van der Waals surface area (Å²) in [7, 11) is 1.72. The molecular formula is C23H28F2N6O3. The van der Waals surface area contributed by atoms with Gasteiger partial charge in [-0.2, -0.15) is 10.4 Å². The summed E-state index contributed by atoms with van der Waals surface area (Å²) in [5, 5.41) is 14.3. The second-order valence-corrected chi connectivity index (χ2v) is 9.63. The number of aromatic nitrogens is 2. The lowest BCUT2D eigenvalue weighted by Gasteiger charge is -2.33. The fraction of sp³-hybridized carbons (Fsp3) is 0.522. The molecule has 2 aliphatic rings. The van der Waals surface area contributed by atoms with Crippen LogP contribution in [0.3, 0.4) is 0 Å². The Morgan fingerprint density at radius 1 is 1.35 bits per heavy atom. The number of hydrogen-bond donors (Lipinski definition) is 1. The summed E-state index contributed by atoms with van der Waals surface area (Å²) in [4.78, 5) is 16.0. The van der Waals surface area contributed by atoms with E-state index in [0.29, 0.717) is 24.5 Å². The van der Waals surface area contributed by atoms with Crippen LogP contribution in [0.15, 0.2) is 12.1 Å². The molecule has 1 aromatic carbocycles. The third-order valence-corrected chi connectivity index (χ3v) is 5.95. The maximum absolute atomic E-state index is 13.8. The highest BCUT2D eigenvalue weighted by atomic mass is 19.2. The number of nitrogens with two attached hydrogens (primary N) is 1. The zero-order valence-corrected chi connectivity index (χ0v) is 19.6. The number of anilines is 2. The fourth-order valence-electron chi connectivity index (χ4n) is 4.35. The van der Waals surface area contributed by atoms with E-state index in [1.807, 2.05) is 20.8 Å². The highest BCUT2D eigenvalue weighted by Gasteiger charge is 2.35. The van der Waals surface area contributed by atoms with Crippen LogP contribution in [0.1, 0.15) is 51.0 Å². The van der Waals surface area contributed by atoms with Gasteiger partial charge in [-0.05, 0) is 33.6 Å². The molecule has 34 heavy (non-hydrogen) atoms. The maximum Gasteiger partial charge on any atom is 0.410 e. The highest BCUT2D eigenvalue weighted by Crippen LogP contribution is 2.39. The lowest BCUT2D eigenvalue weighted by atomic mass is 10.1. The van der Waals surface area contributed by atoms with Crippen LogP contribution in [-0.2, 0) is 11.3 Å². The van der Waals surface area contributed by atoms with E-state index in [-0.39, 0.29) is 29.7 Å². The molecule has 11 heteroatoms. The molecule has 2 atom stereocenters. The zero-order chi connectivity index (χ0) is 24.8. The van der Waals surface area contributed by atoms with Crippen molar-refractivity contribution in [1.29, 1.82) is 5.26 Å². The van der Waals surface area contributed by atoms with Crippen LogP contribution in [0, 0.1) is 23.0 Å². The fourth-order valence-corrected chi connectivity index (χ4v) is 4.35. The van der Waals surface area contributed by atoms with Crippen molar-refractivity contribution in [3.8, 4) is 11.8 Å². The summed E-state index contributed by atoms with van der Waals surface area (Å²) in [6.45, 7) is 6.55. The SMILES string of the molecule is CN1CC(c2nn(CC3CCCN3C(=O)OC(C)(C)C)c(N)c2C#N)Oc2cc(F)c(F)cc21. The molecular weight excluding hydrogens is 446 g/mol. The standard InChI is InChI=1S/C23H28F2N6O3/c1-23(2,3)34-22(32)30-7-5-6-13(30)11-31-21(27)14(10-26)20(28-31)19-12-29(4)17-8-15(24)16(25)9-18(17)33-19/h8-9,13,19H,5-7,11-12,27H2,1-4H3. The van der Waals surface area contributed by atoms with Crippen LogP contribution in [0.5, 0.6) is 5.75 Å². The van der Waals surface area contributed by atoms with Crippen molar-refractivity contribution in [3.63, 3.8) is 0 Å². The summed E-state index contributed by atoms with van der Waals surface area (Å²) in [5.41, 5.74) is 6.52. The smallest absolute Gasteiger partial charge is 0.410 e. The van der Waals surface area contributed by atoms with Gasteiger partial charge in [-0.1, -0.05) is 0 Å². The van der Waals surface area contributed by atoms with Gasteiger partial charge in [0.15, 0.2) is 17.7 Å². The lowest BCUT2D eigenvalue weighted by Crippen LogP contribution is -2.41. The summed E-state index contributed by atoms with van der Waals surface area (Å²) >= 11 is 0. The number of carbonyl (C=O) groups excluding carboxylic acids is 1. The minimum Gasteiger partial charge on any atom is -0.480 e. The Morgan fingerprint density at radius 2 is 2.06 bits per heavy atom. The molecule has 0 saturated carbocycles. The molecule has 9 nitrogen and oxygen atoms in total. The first-order valence-electron chi connectivity index (χ1n) is 11.1. The van der Waals surface area contributed by atoms with Gasteiger partial charge in [-0.3, -0.25) is 0 Å². The molecule has 2 unspecified atom stereocenters. The Hall–Kier alpha value is -3.55. The second-order valence-electron chi connectivity index (χ2n) is 9.63. The summed E-state index contributed by atoms with van der Waals surface area (Å²) in [6, 6.07) is 3.95. The van der Waals surface area contributed by atoms with E-state index < -0.39 is 29.4 Å². The number of rotatable bonds is 3. The largest absolute Gasteiger partial charge is 0.480 e. The molecule has 1 amide bonds. The van der Waals surface area contributed by atoms with Gasteiger partial charge in [0.1, 0.15) is 34.5 Å². The number of nitriles is 1. The van der Waals surface area contributed by atoms with E-state index in [4.69, 9.17) is 15.2 Å². The molecule has 1 saturated heterocycles. The highest BCUT2D eigenvalue weighted by molar-refractivity contribution is 5.69. The van der Waals surface area contributed by atoms with Gasteiger partial charge in [-0.25, -0.2) is 18.3 Å². The van der Waals surface area contributed by atoms with Crippen molar-refractivity contribution < 1.29 is 23.0 Å². The van der Waals surface area contributed by atoms with Gasteiger partial charge >= 0.3 is 6.09 Å². The van der Waals surface area contributed by atoms with Crippen molar-refractivity contribution in [2.75, 3.05) is 30.8 Å². The number of nitrogen functional groups attached to an aromatic ring is 1. The normalized spacial score (nSPS) is 20.0. The number of likely N-dealkylation sites (N-methyl/N-ethyl adjacent to an activating group) is 1. The number of benzene rings is 1. The van der Waals surface area contributed by atoms with Crippen LogP contribution in [-0.4, -0.2) is 52.6 Å². The molecule has 0 bridgehead atoms. The lowest BCUT2D eigenvalue weighted by molar-refractivity contribution is 0.0211. The van der Waals surface area contributed by atoms with Crippen molar-refractivity contribution in [2.24, 2.45) is 0 Å². The molecule has 0 spiro atoms. The van der Waals surface area contributed by atoms with Crippen LogP contribution >= 0.6 is 0 Å². The number of carbonyl (C=O) groups is 1. The molecule has 2 N–H and O–H groups in total. The van der Waals surface area contributed by atoms with Gasteiger partial charge in [0.25, 0.3) is 0 Å². The van der Waals surface area contributed by atoms with Crippen LogP contribution in [0.2, 0.25) is 0 Å². The first-order chi connectivity index (χ1) is 16.0. The molecule has 1 aromatic heterocycles.